The molecule has 2 saturated heterocycles. The first-order valence-electron chi connectivity index (χ1n) is 5.13. The number of cyclic esters (lactones) is 1. The summed E-state index contributed by atoms with van der Waals surface area (Å²) >= 11 is 0. The van der Waals surface area contributed by atoms with Crippen LogP contribution in [0.1, 0.15) is 27.2 Å². The van der Waals surface area contributed by atoms with Crippen LogP contribution in [0.5, 0.6) is 0 Å². The van der Waals surface area contributed by atoms with Gasteiger partial charge < -0.3 is 19.3 Å². The van der Waals surface area contributed by atoms with Gasteiger partial charge in [-0.1, -0.05) is 0 Å². The molecule has 2 rings (SSSR count). The maximum absolute atomic E-state index is 11.0. The predicted octanol–water partition coefficient (Wildman–Crippen LogP) is 0.203. The van der Waals surface area contributed by atoms with Crippen LogP contribution in [0.15, 0.2) is 0 Å². The molecule has 5 nitrogen and oxygen atoms in total. The molecule has 2 heterocycles. The molecule has 0 unspecified atom stereocenters. The molecule has 5 heteroatoms. The van der Waals surface area contributed by atoms with Gasteiger partial charge in [-0.3, -0.25) is 0 Å². The highest BCUT2D eigenvalue weighted by molar-refractivity contribution is 5.76. The van der Waals surface area contributed by atoms with Crippen molar-refractivity contribution in [1.82, 2.24) is 0 Å². The molecule has 2 fully saturated rings. The summed E-state index contributed by atoms with van der Waals surface area (Å²) in [6.45, 7) is 5.51. The van der Waals surface area contributed by atoms with E-state index in [0.717, 1.165) is 0 Å². The third kappa shape index (κ3) is 2.00. The van der Waals surface area contributed by atoms with Crippen LogP contribution in [0.2, 0.25) is 0 Å². The molecule has 0 amide bonds. The van der Waals surface area contributed by atoms with Crippen LogP contribution in [0.25, 0.3) is 0 Å². The van der Waals surface area contributed by atoms with E-state index >= 15 is 0 Å². The summed E-state index contributed by atoms with van der Waals surface area (Å²) in [4.78, 5) is 11.0. The number of hydrogen-bond donors (Lipinski definition) is 1. The van der Waals surface area contributed by atoms with Crippen LogP contribution in [0, 0.1) is 0 Å². The fourth-order valence-corrected chi connectivity index (χ4v) is 2.14. The lowest BCUT2D eigenvalue weighted by atomic mass is 10.1. The Kier molecular flexibility index (Phi) is 2.48. The Morgan fingerprint density at radius 1 is 1.40 bits per heavy atom. The molecule has 0 radical (unpaired) electrons. The molecule has 0 spiro atoms. The normalized spacial score (nSPS) is 44.4. The zero-order valence-corrected chi connectivity index (χ0v) is 9.10. The van der Waals surface area contributed by atoms with Gasteiger partial charge in [0.2, 0.25) is 0 Å². The average Bonchev–Trinajstić information content (AvgIpc) is 2.54. The zero-order valence-electron chi connectivity index (χ0n) is 9.10. The zero-order chi connectivity index (χ0) is 11.2. The summed E-state index contributed by atoms with van der Waals surface area (Å²) < 4.78 is 16.2. The highest BCUT2D eigenvalue weighted by atomic mass is 16.8. The first kappa shape index (κ1) is 10.9. The molecule has 0 aromatic heterocycles. The average molecular weight is 216 g/mol. The molecular formula is C10H16O5. The number of rotatable bonds is 1. The first-order valence-corrected chi connectivity index (χ1v) is 5.13. The van der Waals surface area contributed by atoms with Crippen molar-refractivity contribution in [2.75, 3.05) is 0 Å². The molecule has 0 aromatic rings. The van der Waals surface area contributed by atoms with Crippen molar-refractivity contribution >= 4 is 5.97 Å². The smallest absolute Gasteiger partial charge is 0.335 e. The van der Waals surface area contributed by atoms with E-state index in [-0.39, 0.29) is 18.6 Å². The van der Waals surface area contributed by atoms with Crippen LogP contribution < -0.4 is 0 Å². The Morgan fingerprint density at radius 2 is 2.07 bits per heavy atom. The standard InChI is InChI=1S/C10H16O5/c1-5-8(15-10(2,3)14-5)7-4-6(11)9(12)13-7/h5-8,11H,4H2,1-3H3/t5-,6-,7-,8-/m1/s1. The maximum atomic E-state index is 11.0. The molecule has 2 aliphatic heterocycles. The Morgan fingerprint density at radius 3 is 2.47 bits per heavy atom. The van der Waals surface area contributed by atoms with E-state index in [2.05, 4.69) is 0 Å². The predicted molar refractivity (Wildman–Crippen MR) is 50.0 cm³/mol. The highest BCUT2D eigenvalue weighted by Crippen LogP contribution is 2.33. The summed E-state index contributed by atoms with van der Waals surface area (Å²) in [6, 6.07) is 0. The number of ether oxygens (including phenoxy) is 3. The van der Waals surface area contributed by atoms with Crippen LogP contribution in [-0.4, -0.2) is 41.3 Å². The second-order valence-electron chi connectivity index (χ2n) is 4.53. The molecule has 0 aromatic carbocycles. The number of carbonyl (C=O) groups is 1. The van der Waals surface area contributed by atoms with Crippen LogP contribution in [-0.2, 0) is 19.0 Å². The third-order valence-electron chi connectivity index (χ3n) is 2.71. The molecule has 15 heavy (non-hydrogen) atoms. The van der Waals surface area contributed by atoms with Crippen LogP contribution >= 0.6 is 0 Å². The van der Waals surface area contributed by atoms with Gasteiger partial charge in [0.15, 0.2) is 11.9 Å². The fraction of sp³-hybridized carbons (Fsp3) is 0.900. The van der Waals surface area contributed by atoms with Crippen molar-refractivity contribution in [3.05, 3.63) is 0 Å². The van der Waals surface area contributed by atoms with Crippen molar-refractivity contribution in [2.45, 2.75) is 57.4 Å². The summed E-state index contributed by atoms with van der Waals surface area (Å²) in [6.07, 6.45) is -1.56. The maximum Gasteiger partial charge on any atom is 0.335 e. The molecule has 4 atom stereocenters. The van der Waals surface area contributed by atoms with Gasteiger partial charge in [0.25, 0.3) is 0 Å². The van der Waals surface area contributed by atoms with E-state index < -0.39 is 24.0 Å². The fourth-order valence-electron chi connectivity index (χ4n) is 2.14. The monoisotopic (exact) mass is 216 g/mol. The van der Waals surface area contributed by atoms with Crippen molar-refractivity contribution in [3.63, 3.8) is 0 Å². The van der Waals surface area contributed by atoms with E-state index in [1.54, 1.807) is 0 Å². The lowest BCUT2D eigenvalue weighted by Gasteiger charge is -2.20. The number of aliphatic hydroxyl groups excluding tert-OH is 1. The van der Waals surface area contributed by atoms with Gasteiger partial charge >= 0.3 is 5.97 Å². The quantitative estimate of drug-likeness (QED) is 0.634. The van der Waals surface area contributed by atoms with Gasteiger partial charge in [-0.25, -0.2) is 4.79 Å². The lowest BCUT2D eigenvalue weighted by molar-refractivity contribution is -0.164. The van der Waals surface area contributed by atoms with Crippen molar-refractivity contribution in [1.29, 1.82) is 0 Å². The summed E-state index contributed by atoms with van der Waals surface area (Å²) in [5, 5.41) is 9.27. The largest absolute Gasteiger partial charge is 0.457 e. The molecule has 0 aliphatic carbocycles. The number of carbonyl (C=O) groups excluding carboxylic acids is 1. The number of hydrogen-bond acceptors (Lipinski definition) is 5. The Balaban J connectivity index is 2.04. The van der Waals surface area contributed by atoms with Crippen LogP contribution in [0.4, 0.5) is 0 Å². The van der Waals surface area contributed by atoms with Crippen molar-refractivity contribution in [2.24, 2.45) is 0 Å². The molecule has 1 N–H and O–H groups in total. The molecule has 2 aliphatic rings. The Labute approximate surface area is 88.3 Å². The van der Waals surface area contributed by atoms with Crippen molar-refractivity contribution < 1.29 is 24.1 Å². The number of esters is 1. The minimum atomic E-state index is -1.02. The van der Waals surface area contributed by atoms with Gasteiger partial charge in [-0.05, 0) is 20.8 Å². The van der Waals surface area contributed by atoms with E-state index in [4.69, 9.17) is 14.2 Å². The number of aliphatic hydroxyl groups is 1. The second-order valence-corrected chi connectivity index (χ2v) is 4.53. The van der Waals surface area contributed by atoms with Gasteiger partial charge in [0, 0.05) is 6.42 Å². The van der Waals surface area contributed by atoms with Gasteiger partial charge in [-0.15, -0.1) is 0 Å². The Bertz CT molecular complexity index is 275. The SMILES string of the molecule is C[C@H]1OC(C)(C)O[C@H]1[C@H]1C[C@@H](O)C(=O)O1. The first-order chi connectivity index (χ1) is 6.89. The van der Waals surface area contributed by atoms with Crippen molar-refractivity contribution in [3.8, 4) is 0 Å². The second kappa shape index (κ2) is 3.43. The van der Waals surface area contributed by atoms with E-state index in [9.17, 15) is 9.90 Å². The molecular weight excluding hydrogens is 200 g/mol. The van der Waals surface area contributed by atoms with Gasteiger partial charge in [-0.2, -0.15) is 0 Å². The lowest BCUT2D eigenvalue weighted by Crippen LogP contribution is -2.34. The topological polar surface area (TPSA) is 65.0 Å². The molecule has 0 bridgehead atoms. The highest BCUT2D eigenvalue weighted by Gasteiger charge is 2.48. The van der Waals surface area contributed by atoms with E-state index in [1.165, 1.54) is 0 Å². The van der Waals surface area contributed by atoms with Gasteiger partial charge in [0.1, 0.15) is 12.2 Å². The third-order valence-corrected chi connectivity index (χ3v) is 2.71. The van der Waals surface area contributed by atoms with Crippen LogP contribution in [0.3, 0.4) is 0 Å². The summed E-state index contributed by atoms with van der Waals surface area (Å²) in [7, 11) is 0. The summed E-state index contributed by atoms with van der Waals surface area (Å²) in [5.41, 5.74) is 0. The molecule has 86 valence electrons. The van der Waals surface area contributed by atoms with Gasteiger partial charge in [0.05, 0.1) is 6.10 Å². The minimum absolute atomic E-state index is 0.136. The minimum Gasteiger partial charge on any atom is -0.457 e. The Hall–Kier alpha value is -0.650. The van der Waals surface area contributed by atoms with E-state index in [1.807, 2.05) is 20.8 Å². The molecule has 0 saturated carbocycles. The van der Waals surface area contributed by atoms with E-state index in [0.29, 0.717) is 0 Å². The summed E-state index contributed by atoms with van der Waals surface area (Å²) in [5.74, 6) is -1.22.